The van der Waals surface area contributed by atoms with E-state index in [1.807, 2.05) is 30.9 Å². The molecule has 1 aromatic rings. The van der Waals surface area contributed by atoms with Crippen molar-refractivity contribution in [3.63, 3.8) is 0 Å². The van der Waals surface area contributed by atoms with Gasteiger partial charge in [0.1, 0.15) is 12.6 Å². The normalized spacial score (nSPS) is 22.9. The summed E-state index contributed by atoms with van der Waals surface area (Å²) in [7, 11) is 0. The van der Waals surface area contributed by atoms with E-state index in [0.29, 0.717) is 19.5 Å². The standard InChI is InChI=1S/C22H30N2O4/c1-14(2)10-18(22(27)23-21-15(3)28-13-19(21)25)11-20(26)24-9-8-16-6-4-5-7-17(16)12-24/h4-7,14-15,18,21H,8-13H2,1-3H3,(H,23,27)/t15-,18+,21-/m1/s1. The molecule has 152 valence electrons. The van der Waals surface area contributed by atoms with Gasteiger partial charge < -0.3 is 15.0 Å². The Bertz CT molecular complexity index is 746. The molecule has 3 atom stereocenters. The van der Waals surface area contributed by atoms with E-state index >= 15 is 0 Å². The number of Topliss-reactive ketones (excluding diaryl/α,β-unsaturated/α-hetero) is 1. The second-order valence-electron chi connectivity index (χ2n) is 8.33. The number of carbonyl (C=O) groups is 3. The van der Waals surface area contributed by atoms with Gasteiger partial charge in [0.25, 0.3) is 0 Å². The van der Waals surface area contributed by atoms with E-state index in [9.17, 15) is 14.4 Å². The summed E-state index contributed by atoms with van der Waals surface area (Å²) in [5.41, 5.74) is 2.46. The van der Waals surface area contributed by atoms with Gasteiger partial charge in [-0.15, -0.1) is 0 Å². The molecule has 2 aliphatic heterocycles. The van der Waals surface area contributed by atoms with Crippen molar-refractivity contribution in [2.24, 2.45) is 11.8 Å². The zero-order valence-corrected chi connectivity index (χ0v) is 16.9. The molecule has 6 nitrogen and oxygen atoms in total. The lowest BCUT2D eigenvalue weighted by atomic mass is 9.91. The number of hydrogen-bond donors (Lipinski definition) is 1. The molecule has 1 saturated heterocycles. The van der Waals surface area contributed by atoms with E-state index in [2.05, 4.69) is 17.4 Å². The van der Waals surface area contributed by atoms with Crippen molar-refractivity contribution in [3.8, 4) is 0 Å². The smallest absolute Gasteiger partial charge is 0.224 e. The first-order chi connectivity index (χ1) is 13.3. The number of benzene rings is 1. The Morgan fingerprint density at radius 1 is 1.25 bits per heavy atom. The molecule has 1 N–H and O–H groups in total. The summed E-state index contributed by atoms with van der Waals surface area (Å²) in [6.45, 7) is 7.16. The Hall–Kier alpha value is -2.21. The Labute approximate surface area is 166 Å². The minimum absolute atomic E-state index is 0.00245. The lowest BCUT2D eigenvalue weighted by molar-refractivity contribution is -0.138. The molecule has 0 aliphatic carbocycles. The third-order valence-corrected chi connectivity index (χ3v) is 5.63. The molecule has 2 heterocycles. The Kier molecular flexibility index (Phi) is 6.50. The molecule has 28 heavy (non-hydrogen) atoms. The third kappa shape index (κ3) is 4.79. The third-order valence-electron chi connectivity index (χ3n) is 5.63. The molecular weight excluding hydrogens is 356 g/mol. The number of fused-ring (bicyclic) bond motifs is 1. The van der Waals surface area contributed by atoms with Crippen LogP contribution in [0, 0.1) is 11.8 Å². The largest absolute Gasteiger partial charge is 0.368 e. The van der Waals surface area contributed by atoms with Gasteiger partial charge >= 0.3 is 0 Å². The number of rotatable bonds is 6. The fraction of sp³-hybridized carbons (Fsp3) is 0.591. The Morgan fingerprint density at radius 2 is 1.96 bits per heavy atom. The van der Waals surface area contributed by atoms with Crippen LogP contribution in [-0.4, -0.2) is 47.8 Å². The quantitative estimate of drug-likeness (QED) is 0.812. The monoisotopic (exact) mass is 386 g/mol. The van der Waals surface area contributed by atoms with Gasteiger partial charge in [0.05, 0.1) is 6.10 Å². The topological polar surface area (TPSA) is 75.7 Å². The molecule has 1 aromatic carbocycles. The first-order valence-electron chi connectivity index (χ1n) is 10.1. The lowest BCUT2D eigenvalue weighted by Crippen LogP contribution is -2.47. The summed E-state index contributed by atoms with van der Waals surface area (Å²) < 4.78 is 5.31. The summed E-state index contributed by atoms with van der Waals surface area (Å²) >= 11 is 0. The van der Waals surface area contributed by atoms with Crippen LogP contribution in [0.1, 0.15) is 44.7 Å². The average Bonchev–Trinajstić information content (AvgIpc) is 2.98. The maximum absolute atomic E-state index is 12.9. The lowest BCUT2D eigenvalue weighted by Gasteiger charge is -2.30. The van der Waals surface area contributed by atoms with Gasteiger partial charge in [-0.05, 0) is 36.8 Å². The number of ketones is 1. The van der Waals surface area contributed by atoms with Crippen LogP contribution < -0.4 is 5.32 Å². The number of nitrogens with zero attached hydrogens (tertiary/aromatic N) is 1. The average molecular weight is 386 g/mol. The molecule has 0 spiro atoms. The van der Waals surface area contributed by atoms with Crippen molar-refractivity contribution in [2.45, 2.75) is 58.7 Å². The predicted molar refractivity (Wildman–Crippen MR) is 105 cm³/mol. The van der Waals surface area contributed by atoms with Crippen LogP contribution in [0.25, 0.3) is 0 Å². The summed E-state index contributed by atoms with van der Waals surface area (Å²) in [4.78, 5) is 39.6. The second-order valence-corrected chi connectivity index (χ2v) is 8.33. The molecular formula is C22H30N2O4. The molecule has 0 aromatic heterocycles. The first kappa shape index (κ1) is 20.5. The van der Waals surface area contributed by atoms with Crippen LogP contribution in [0.2, 0.25) is 0 Å². The molecule has 0 radical (unpaired) electrons. The number of hydrogen-bond acceptors (Lipinski definition) is 4. The number of amides is 2. The van der Waals surface area contributed by atoms with Gasteiger partial charge in [-0.25, -0.2) is 0 Å². The van der Waals surface area contributed by atoms with Crippen molar-refractivity contribution < 1.29 is 19.1 Å². The number of carbonyl (C=O) groups excluding carboxylic acids is 3. The highest BCUT2D eigenvalue weighted by Gasteiger charge is 2.36. The van der Waals surface area contributed by atoms with E-state index < -0.39 is 12.0 Å². The molecule has 3 rings (SSSR count). The zero-order valence-electron chi connectivity index (χ0n) is 16.9. The highest BCUT2D eigenvalue weighted by molar-refractivity contribution is 5.93. The fourth-order valence-electron chi connectivity index (χ4n) is 4.03. The Balaban J connectivity index is 1.64. The first-order valence-corrected chi connectivity index (χ1v) is 10.1. The van der Waals surface area contributed by atoms with Gasteiger partial charge in [0.2, 0.25) is 11.8 Å². The molecule has 1 fully saturated rings. The van der Waals surface area contributed by atoms with Crippen LogP contribution in [-0.2, 0) is 32.1 Å². The Morgan fingerprint density at radius 3 is 2.61 bits per heavy atom. The molecule has 2 amide bonds. The van der Waals surface area contributed by atoms with Crippen LogP contribution >= 0.6 is 0 Å². The van der Waals surface area contributed by atoms with Gasteiger partial charge in [0.15, 0.2) is 5.78 Å². The maximum Gasteiger partial charge on any atom is 0.224 e. The van der Waals surface area contributed by atoms with Crippen LogP contribution in [0.4, 0.5) is 0 Å². The summed E-state index contributed by atoms with van der Waals surface area (Å²) in [6.07, 6.45) is 1.29. The van der Waals surface area contributed by atoms with Crippen molar-refractivity contribution in [1.82, 2.24) is 10.2 Å². The van der Waals surface area contributed by atoms with Crippen molar-refractivity contribution in [3.05, 3.63) is 35.4 Å². The second kappa shape index (κ2) is 8.86. The summed E-state index contributed by atoms with van der Waals surface area (Å²) in [5.74, 6) is -0.500. The van der Waals surface area contributed by atoms with E-state index in [0.717, 1.165) is 6.42 Å². The molecule has 2 aliphatic rings. The summed E-state index contributed by atoms with van der Waals surface area (Å²) in [6, 6.07) is 7.56. The molecule has 0 bridgehead atoms. The minimum atomic E-state index is -0.612. The van der Waals surface area contributed by atoms with Crippen molar-refractivity contribution in [1.29, 1.82) is 0 Å². The van der Waals surface area contributed by atoms with E-state index in [1.165, 1.54) is 11.1 Å². The molecule has 0 unspecified atom stereocenters. The van der Waals surface area contributed by atoms with E-state index in [1.54, 1.807) is 6.92 Å². The van der Waals surface area contributed by atoms with Gasteiger partial charge in [0, 0.05) is 25.4 Å². The number of nitrogens with one attached hydrogen (secondary N) is 1. The molecule has 0 saturated carbocycles. The van der Waals surface area contributed by atoms with Gasteiger partial charge in [-0.1, -0.05) is 38.1 Å². The predicted octanol–water partition coefficient (Wildman–Crippen LogP) is 2.10. The van der Waals surface area contributed by atoms with Crippen LogP contribution in [0.5, 0.6) is 0 Å². The van der Waals surface area contributed by atoms with Crippen molar-refractivity contribution in [2.75, 3.05) is 13.2 Å². The summed E-state index contributed by atoms with van der Waals surface area (Å²) in [5, 5.41) is 2.82. The SMILES string of the molecule is CC(C)C[C@@H](CC(=O)N1CCc2ccccc2C1)C(=O)N[C@H]1C(=O)CO[C@@H]1C. The fourth-order valence-corrected chi connectivity index (χ4v) is 4.03. The van der Waals surface area contributed by atoms with Gasteiger partial charge in [-0.3, -0.25) is 14.4 Å². The van der Waals surface area contributed by atoms with Crippen LogP contribution in [0.3, 0.4) is 0 Å². The highest BCUT2D eigenvalue weighted by Crippen LogP contribution is 2.23. The zero-order chi connectivity index (χ0) is 20.3. The maximum atomic E-state index is 12.9. The minimum Gasteiger partial charge on any atom is -0.368 e. The molecule has 6 heteroatoms. The van der Waals surface area contributed by atoms with E-state index in [-0.39, 0.29) is 42.6 Å². The van der Waals surface area contributed by atoms with E-state index in [4.69, 9.17) is 4.74 Å². The highest BCUT2D eigenvalue weighted by atomic mass is 16.5. The van der Waals surface area contributed by atoms with Gasteiger partial charge in [-0.2, -0.15) is 0 Å². The number of ether oxygens (including phenoxy) is 1. The van der Waals surface area contributed by atoms with Crippen LogP contribution in [0.15, 0.2) is 24.3 Å². The van der Waals surface area contributed by atoms with Crippen molar-refractivity contribution >= 4 is 17.6 Å².